The van der Waals surface area contributed by atoms with E-state index in [4.69, 9.17) is 23.2 Å². The fourth-order valence-electron chi connectivity index (χ4n) is 3.34. The van der Waals surface area contributed by atoms with Gasteiger partial charge in [-0.05, 0) is 54.5 Å². The lowest BCUT2D eigenvalue weighted by atomic mass is 10.1. The molecule has 1 amide bonds. The molecule has 3 aromatic carbocycles. The average Bonchev–Trinajstić information content (AvgIpc) is 3.07. The molecular weight excluding hydrogens is 417 g/mol. The molecule has 4 rings (SSSR count). The van der Waals surface area contributed by atoms with E-state index in [1.54, 1.807) is 47.4 Å². The third-order valence-electron chi connectivity index (χ3n) is 4.84. The number of carbonyl (C=O) groups excluding carboxylic acids is 2. The minimum atomic E-state index is -0.194. The Morgan fingerprint density at radius 1 is 0.933 bits per heavy atom. The molecule has 1 aliphatic rings. The number of rotatable bonds is 4. The summed E-state index contributed by atoms with van der Waals surface area (Å²) in [5.74, 6) is -0.252. The third kappa shape index (κ3) is 3.95. The van der Waals surface area contributed by atoms with E-state index in [-0.39, 0.29) is 11.7 Å². The van der Waals surface area contributed by atoms with Crippen molar-refractivity contribution in [2.24, 2.45) is 0 Å². The zero-order valence-corrected chi connectivity index (χ0v) is 17.6. The number of amides is 1. The summed E-state index contributed by atoms with van der Waals surface area (Å²) < 4.78 is 0. The van der Waals surface area contributed by atoms with Gasteiger partial charge in [-0.3, -0.25) is 14.5 Å². The summed E-state index contributed by atoms with van der Waals surface area (Å²) in [6, 6.07) is 21.9. The zero-order chi connectivity index (χ0) is 21.3. The first-order valence-electron chi connectivity index (χ1n) is 9.33. The monoisotopic (exact) mass is 433 g/mol. The highest BCUT2D eigenvalue weighted by Gasteiger charge is 2.30. The summed E-state index contributed by atoms with van der Waals surface area (Å²) in [7, 11) is 0. The highest BCUT2D eigenvalue weighted by molar-refractivity contribution is 6.35. The molecule has 0 spiro atoms. The Kier molecular flexibility index (Phi) is 5.58. The summed E-state index contributed by atoms with van der Waals surface area (Å²) in [4.78, 5) is 26.9. The number of halogens is 2. The number of ketones is 1. The van der Waals surface area contributed by atoms with Crippen molar-refractivity contribution in [2.75, 3.05) is 4.90 Å². The second-order valence-electron chi connectivity index (χ2n) is 6.91. The van der Waals surface area contributed by atoms with Crippen LogP contribution in [0, 0.1) is 0 Å². The molecule has 3 aromatic rings. The van der Waals surface area contributed by atoms with Crippen molar-refractivity contribution in [3.63, 3.8) is 0 Å². The molecule has 148 valence electrons. The van der Waals surface area contributed by atoms with Crippen LogP contribution in [0.3, 0.4) is 0 Å². The Morgan fingerprint density at radius 3 is 2.40 bits per heavy atom. The van der Waals surface area contributed by atoms with Crippen LogP contribution in [0.2, 0.25) is 10.0 Å². The first-order valence-corrected chi connectivity index (χ1v) is 10.1. The quantitative estimate of drug-likeness (QED) is 0.340. The van der Waals surface area contributed by atoms with Crippen LogP contribution in [-0.2, 0) is 4.79 Å². The van der Waals surface area contributed by atoms with Gasteiger partial charge >= 0.3 is 0 Å². The third-order valence-corrected chi connectivity index (χ3v) is 5.40. The number of hydrogen-bond acceptors (Lipinski definition) is 2. The zero-order valence-electron chi connectivity index (χ0n) is 16.1. The summed E-state index contributed by atoms with van der Waals surface area (Å²) in [5.41, 5.74) is 4.00. The van der Waals surface area contributed by atoms with Crippen molar-refractivity contribution < 1.29 is 9.59 Å². The van der Waals surface area contributed by atoms with E-state index in [2.05, 4.69) is 0 Å². The molecule has 30 heavy (non-hydrogen) atoms. The van der Waals surface area contributed by atoms with Crippen LogP contribution >= 0.6 is 23.2 Å². The van der Waals surface area contributed by atoms with Crippen LogP contribution in [0.25, 0.3) is 11.8 Å². The largest absolute Gasteiger partial charge is 0.295 e. The van der Waals surface area contributed by atoms with Gasteiger partial charge in [0.15, 0.2) is 5.78 Å². The minimum absolute atomic E-state index is 0.0579. The molecule has 5 heteroatoms. The maximum absolute atomic E-state index is 13.4. The molecule has 0 aliphatic carbocycles. The molecule has 3 nitrogen and oxygen atoms in total. The maximum atomic E-state index is 13.4. The number of hydrogen-bond donors (Lipinski definition) is 0. The summed E-state index contributed by atoms with van der Waals surface area (Å²) in [6.07, 6.45) is 3.59. The van der Waals surface area contributed by atoms with E-state index in [9.17, 15) is 9.59 Å². The number of benzene rings is 3. The van der Waals surface area contributed by atoms with Gasteiger partial charge < -0.3 is 0 Å². The SMILES string of the molecule is CC(=O)c1cccc(N2C(=O)/C(=C/c3ccc(Cl)cc3Cl)C=C2c2ccccc2)c1. The molecule has 0 aromatic heterocycles. The average molecular weight is 434 g/mol. The first kappa shape index (κ1) is 20.1. The Balaban J connectivity index is 1.84. The maximum Gasteiger partial charge on any atom is 0.262 e. The summed E-state index contributed by atoms with van der Waals surface area (Å²) >= 11 is 12.3. The minimum Gasteiger partial charge on any atom is -0.295 e. The Bertz CT molecular complexity index is 1210. The van der Waals surface area contributed by atoms with Gasteiger partial charge in [-0.1, -0.05) is 71.7 Å². The number of nitrogens with zero attached hydrogens (tertiary/aromatic N) is 1. The van der Waals surface area contributed by atoms with Gasteiger partial charge in [-0.2, -0.15) is 0 Å². The molecule has 0 fully saturated rings. The van der Waals surface area contributed by atoms with E-state index < -0.39 is 0 Å². The van der Waals surface area contributed by atoms with Crippen LogP contribution < -0.4 is 4.90 Å². The smallest absolute Gasteiger partial charge is 0.262 e. The predicted molar refractivity (Wildman–Crippen MR) is 123 cm³/mol. The molecule has 0 atom stereocenters. The van der Waals surface area contributed by atoms with Crippen LogP contribution in [-0.4, -0.2) is 11.7 Å². The van der Waals surface area contributed by atoms with Gasteiger partial charge in [-0.15, -0.1) is 0 Å². The van der Waals surface area contributed by atoms with Crippen molar-refractivity contribution in [3.8, 4) is 0 Å². The predicted octanol–water partition coefficient (Wildman–Crippen LogP) is 6.67. The van der Waals surface area contributed by atoms with E-state index >= 15 is 0 Å². The summed E-state index contributed by atoms with van der Waals surface area (Å²) in [5, 5.41) is 0.998. The molecule has 0 N–H and O–H groups in total. The molecule has 1 aliphatic heterocycles. The number of anilines is 1. The second kappa shape index (κ2) is 8.31. The lowest BCUT2D eigenvalue weighted by Gasteiger charge is -2.21. The van der Waals surface area contributed by atoms with Crippen molar-refractivity contribution in [3.05, 3.63) is 111 Å². The van der Waals surface area contributed by atoms with E-state index in [0.29, 0.717) is 32.4 Å². The van der Waals surface area contributed by atoms with Crippen molar-refractivity contribution in [1.82, 2.24) is 0 Å². The molecule has 1 heterocycles. The second-order valence-corrected chi connectivity index (χ2v) is 7.75. The van der Waals surface area contributed by atoms with Gasteiger partial charge in [-0.25, -0.2) is 0 Å². The van der Waals surface area contributed by atoms with Gasteiger partial charge in [0.1, 0.15) is 0 Å². The Labute approximate surface area is 184 Å². The fraction of sp³-hybridized carbons (Fsp3) is 0.0400. The summed E-state index contributed by atoms with van der Waals surface area (Å²) in [6.45, 7) is 1.51. The topological polar surface area (TPSA) is 37.4 Å². The molecule has 0 saturated heterocycles. The normalized spacial score (nSPS) is 14.9. The van der Waals surface area contributed by atoms with Crippen molar-refractivity contribution in [1.29, 1.82) is 0 Å². The first-order chi connectivity index (χ1) is 14.4. The highest BCUT2D eigenvalue weighted by Crippen LogP contribution is 2.36. The molecule has 0 unspecified atom stereocenters. The molecular formula is C25H17Cl2NO2. The van der Waals surface area contributed by atoms with Gasteiger partial charge in [0, 0.05) is 26.9 Å². The standard InChI is InChI=1S/C25H17Cl2NO2/c1-16(29)18-8-5-9-22(13-18)28-24(17-6-3-2-4-7-17)14-20(25(28)30)12-19-10-11-21(26)15-23(19)27/h2-15H,1H3/b20-12+. The van der Waals surface area contributed by atoms with Gasteiger partial charge in [0.2, 0.25) is 0 Å². The van der Waals surface area contributed by atoms with E-state index in [0.717, 1.165) is 11.3 Å². The van der Waals surface area contributed by atoms with Crippen LogP contribution in [0.15, 0.2) is 84.4 Å². The van der Waals surface area contributed by atoms with E-state index in [1.807, 2.05) is 42.5 Å². The number of Topliss-reactive ketones (excluding diaryl/α,β-unsaturated/α-hetero) is 1. The lowest BCUT2D eigenvalue weighted by molar-refractivity contribution is -0.113. The van der Waals surface area contributed by atoms with Crippen LogP contribution in [0.4, 0.5) is 5.69 Å². The molecule has 0 bridgehead atoms. The van der Waals surface area contributed by atoms with Gasteiger partial charge in [0.25, 0.3) is 5.91 Å². The van der Waals surface area contributed by atoms with Crippen LogP contribution in [0.5, 0.6) is 0 Å². The van der Waals surface area contributed by atoms with E-state index in [1.165, 1.54) is 6.92 Å². The number of carbonyl (C=O) groups is 2. The van der Waals surface area contributed by atoms with Crippen LogP contribution in [0.1, 0.15) is 28.4 Å². The van der Waals surface area contributed by atoms with Gasteiger partial charge in [0.05, 0.1) is 5.70 Å². The highest BCUT2D eigenvalue weighted by atomic mass is 35.5. The molecule has 0 radical (unpaired) electrons. The lowest BCUT2D eigenvalue weighted by Crippen LogP contribution is -2.25. The Hall–Kier alpha value is -3.14. The molecule has 0 saturated carbocycles. The fourth-order valence-corrected chi connectivity index (χ4v) is 3.81. The van der Waals surface area contributed by atoms with Crippen molar-refractivity contribution >= 4 is 52.4 Å². The van der Waals surface area contributed by atoms with Crippen molar-refractivity contribution in [2.45, 2.75) is 6.92 Å². The Morgan fingerprint density at radius 2 is 1.70 bits per heavy atom.